The molecule has 0 saturated carbocycles. The summed E-state index contributed by atoms with van der Waals surface area (Å²) in [4.78, 5) is 0. The number of hydrogen-bond donors (Lipinski definition) is 0. The Hall–Kier alpha value is 0.514. The van der Waals surface area contributed by atoms with E-state index in [0.29, 0.717) is 19.3 Å². The molecule has 0 radical (unpaired) electrons. The monoisotopic (exact) mass is 340 g/mol. The molecule has 1 aliphatic rings. The molecule has 1 fully saturated rings. The molecule has 0 spiro atoms. The number of ether oxygens (including phenoxy) is 2. The molecule has 6 heteroatoms. The van der Waals surface area contributed by atoms with Gasteiger partial charge in [0.15, 0.2) is 0 Å². The third kappa shape index (κ3) is 9.29. The van der Waals surface area contributed by atoms with Crippen molar-refractivity contribution >= 4 is 0 Å². The van der Waals surface area contributed by atoms with Gasteiger partial charge in [0, 0.05) is 0 Å². The van der Waals surface area contributed by atoms with Crippen LogP contribution >= 0.6 is 0 Å². The van der Waals surface area contributed by atoms with E-state index in [1.54, 1.807) is 0 Å². The van der Waals surface area contributed by atoms with Gasteiger partial charge in [-0.25, -0.2) is 0 Å². The van der Waals surface area contributed by atoms with Crippen LogP contribution in [0.2, 0.25) is 4.73 Å². The van der Waals surface area contributed by atoms with Gasteiger partial charge in [-0.3, -0.25) is 0 Å². The molecular formula is C15H32O5Ti. The molecular weight excluding hydrogens is 308 g/mol. The summed E-state index contributed by atoms with van der Waals surface area (Å²) in [5, 5.41) is 0. The molecule has 5 nitrogen and oxygen atoms in total. The summed E-state index contributed by atoms with van der Waals surface area (Å²) in [7, 11) is 0. The molecule has 1 rings (SSSR count). The van der Waals surface area contributed by atoms with Gasteiger partial charge in [0.1, 0.15) is 0 Å². The van der Waals surface area contributed by atoms with Crippen LogP contribution in [0.4, 0.5) is 0 Å². The fourth-order valence-corrected chi connectivity index (χ4v) is 7.19. The van der Waals surface area contributed by atoms with Gasteiger partial charge in [-0.2, -0.15) is 0 Å². The standard InChI is InChI=1S/C6H11O2.3C3H7O.Ti/c1-2-3-7-4-6-5-8-6;3*1-3(2)4;/h6H,1-5H2;3*3H,1-2H3;/q;3*-1;+3. The number of hydrogen-bond acceptors (Lipinski definition) is 5. The van der Waals surface area contributed by atoms with Crippen LogP contribution in [0.15, 0.2) is 0 Å². The molecule has 0 amide bonds. The van der Waals surface area contributed by atoms with Crippen molar-refractivity contribution in [3.63, 3.8) is 0 Å². The summed E-state index contributed by atoms with van der Waals surface area (Å²) in [5.74, 6) is 0. The molecule has 1 unspecified atom stereocenters. The summed E-state index contributed by atoms with van der Waals surface area (Å²) < 4.78 is 30.1. The normalized spacial score (nSPS) is 19.0. The van der Waals surface area contributed by atoms with Crippen LogP contribution in [-0.2, 0) is 37.2 Å². The second-order valence-electron chi connectivity index (χ2n) is 6.32. The van der Waals surface area contributed by atoms with E-state index in [2.05, 4.69) is 0 Å². The van der Waals surface area contributed by atoms with Gasteiger partial charge in [-0.15, -0.1) is 0 Å². The van der Waals surface area contributed by atoms with Crippen LogP contribution < -0.4 is 0 Å². The Morgan fingerprint density at radius 2 is 1.43 bits per heavy atom. The van der Waals surface area contributed by atoms with E-state index in [0.717, 1.165) is 17.8 Å². The Bertz CT molecular complexity index is 253. The van der Waals surface area contributed by atoms with Crippen molar-refractivity contribution in [1.29, 1.82) is 0 Å². The Morgan fingerprint density at radius 3 is 1.81 bits per heavy atom. The van der Waals surface area contributed by atoms with Gasteiger partial charge >= 0.3 is 134 Å². The van der Waals surface area contributed by atoms with Crippen LogP contribution in [0.1, 0.15) is 48.0 Å². The Labute approximate surface area is 134 Å². The molecule has 0 aromatic rings. The fraction of sp³-hybridized carbons (Fsp3) is 1.00. The molecule has 21 heavy (non-hydrogen) atoms. The summed E-state index contributed by atoms with van der Waals surface area (Å²) in [6.45, 7) is 14.5. The van der Waals surface area contributed by atoms with Gasteiger partial charge in [-0.1, -0.05) is 0 Å². The van der Waals surface area contributed by atoms with E-state index < -0.39 is 17.8 Å². The third-order valence-corrected chi connectivity index (χ3v) is 8.12. The number of epoxide rings is 1. The van der Waals surface area contributed by atoms with Gasteiger partial charge in [-0.05, 0) is 0 Å². The maximum atomic E-state index is 6.16. The molecule has 0 bridgehead atoms. The van der Waals surface area contributed by atoms with E-state index in [1.807, 2.05) is 41.5 Å². The Kier molecular flexibility index (Phi) is 8.95. The van der Waals surface area contributed by atoms with Crippen LogP contribution in [0.3, 0.4) is 0 Å². The average Bonchev–Trinajstić information content (AvgIpc) is 3.09. The van der Waals surface area contributed by atoms with E-state index in [-0.39, 0.29) is 18.3 Å². The molecule has 0 aliphatic carbocycles. The zero-order valence-corrected chi connectivity index (χ0v) is 15.9. The SMILES string of the molecule is CC(C)[O][Ti]([CH2]CCOCC1CO1)([O]C(C)C)[O]C(C)C. The third-order valence-electron chi connectivity index (χ3n) is 2.72. The van der Waals surface area contributed by atoms with Crippen LogP contribution in [-0.4, -0.2) is 44.2 Å². The zero-order valence-electron chi connectivity index (χ0n) is 14.4. The minimum atomic E-state index is -3.24. The summed E-state index contributed by atoms with van der Waals surface area (Å²) in [6.07, 6.45) is 1.57. The maximum absolute atomic E-state index is 6.16. The minimum absolute atomic E-state index is 0.114. The van der Waals surface area contributed by atoms with Gasteiger partial charge in [0.25, 0.3) is 0 Å². The first-order valence-corrected chi connectivity index (χ1v) is 11.1. The van der Waals surface area contributed by atoms with Gasteiger partial charge in [0.05, 0.1) is 0 Å². The van der Waals surface area contributed by atoms with Crippen molar-refractivity contribution in [3.8, 4) is 0 Å². The molecule has 0 aromatic carbocycles. The van der Waals surface area contributed by atoms with E-state index in [9.17, 15) is 0 Å². The predicted molar refractivity (Wildman–Crippen MR) is 78.6 cm³/mol. The topological polar surface area (TPSA) is 49.5 Å². The van der Waals surface area contributed by atoms with Crippen LogP contribution in [0.5, 0.6) is 0 Å². The quantitative estimate of drug-likeness (QED) is 0.310. The number of rotatable bonds is 12. The average molecular weight is 340 g/mol. The first-order valence-electron chi connectivity index (χ1n) is 8.06. The molecule has 0 aromatic heterocycles. The van der Waals surface area contributed by atoms with Crippen LogP contribution in [0, 0.1) is 0 Å². The van der Waals surface area contributed by atoms with Crippen molar-refractivity contribution in [2.24, 2.45) is 0 Å². The predicted octanol–water partition coefficient (Wildman–Crippen LogP) is 3.38. The fourth-order valence-electron chi connectivity index (χ4n) is 2.11. The molecule has 1 atom stereocenters. The second-order valence-corrected chi connectivity index (χ2v) is 10.3. The molecule has 126 valence electrons. The summed E-state index contributed by atoms with van der Waals surface area (Å²) in [6, 6.07) is 0. The second kappa shape index (κ2) is 9.61. The van der Waals surface area contributed by atoms with Crippen molar-refractivity contribution in [3.05, 3.63) is 0 Å². The van der Waals surface area contributed by atoms with Crippen LogP contribution in [0.25, 0.3) is 0 Å². The van der Waals surface area contributed by atoms with Crippen molar-refractivity contribution < 1.29 is 37.2 Å². The van der Waals surface area contributed by atoms with Gasteiger partial charge in [0.2, 0.25) is 0 Å². The van der Waals surface area contributed by atoms with Gasteiger partial charge < -0.3 is 0 Å². The summed E-state index contributed by atoms with van der Waals surface area (Å²) >= 11 is -3.24. The van der Waals surface area contributed by atoms with Crippen molar-refractivity contribution in [1.82, 2.24) is 0 Å². The van der Waals surface area contributed by atoms with Crippen molar-refractivity contribution in [2.75, 3.05) is 19.8 Å². The van der Waals surface area contributed by atoms with E-state index >= 15 is 0 Å². The Morgan fingerprint density at radius 1 is 0.952 bits per heavy atom. The molecule has 1 heterocycles. The first kappa shape index (κ1) is 19.6. The molecule has 0 N–H and O–H groups in total. The van der Waals surface area contributed by atoms with E-state index in [1.165, 1.54) is 0 Å². The molecule has 1 aliphatic heterocycles. The van der Waals surface area contributed by atoms with Crippen molar-refractivity contribution in [2.45, 2.75) is 77.1 Å². The van der Waals surface area contributed by atoms with E-state index in [4.69, 9.17) is 19.4 Å². The molecule has 1 saturated heterocycles. The zero-order chi connectivity index (χ0) is 15.9. The summed E-state index contributed by atoms with van der Waals surface area (Å²) in [5.41, 5.74) is 0. The first-order chi connectivity index (χ1) is 9.83. The Balaban J connectivity index is 2.48.